The summed E-state index contributed by atoms with van der Waals surface area (Å²) in [5.74, 6) is 1.72. The smallest absolute Gasteiger partial charge is 0.0281 e. The Morgan fingerprint density at radius 3 is 1.95 bits per heavy atom. The molecule has 0 saturated carbocycles. The first-order valence-corrected chi connectivity index (χ1v) is 8.56. The van der Waals surface area contributed by atoms with Crippen LogP contribution in [-0.4, -0.2) is 62.4 Å². The highest BCUT2D eigenvalue weighted by Crippen LogP contribution is 1.90. The molecular formula is C13H32N4S2. The van der Waals surface area contributed by atoms with Crippen LogP contribution in [0.15, 0.2) is 0 Å². The van der Waals surface area contributed by atoms with Gasteiger partial charge in [-0.1, -0.05) is 13.8 Å². The maximum absolute atomic E-state index is 4.38. The maximum Gasteiger partial charge on any atom is 0.0281 e. The summed E-state index contributed by atoms with van der Waals surface area (Å²) in [5, 5.41) is 13.8. The zero-order valence-electron chi connectivity index (χ0n) is 12.6. The molecule has 0 aliphatic heterocycles. The van der Waals surface area contributed by atoms with Gasteiger partial charge in [0.2, 0.25) is 0 Å². The fourth-order valence-corrected chi connectivity index (χ4v) is 2.29. The van der Waals surface area contributed by atoms with Crippen LogP contribution in [0.2, 0.25) is 0 Å². The molecule has 0 aliphatic carbocycles. The van der Waals surface area contributed by atoms with E-state index in [4.69, 9.17) is 0 Å². The lowest BCUT2D eigenvalue weighted by molar-refractivity contribution is 0.428. The van der Waals surface area contributed by atoms with Crippen LogP contribution in [0.5, 0.6) is 0 Å². The Balaban J connectivity index is 3.74. The molecule has 116 valence electrons. The van der Waals surface area contributed by atoms with Gasteiger partial charge in [-0.2, -0.15) is 25.3 Å². The average Bonchev–Trinajstić information content (AvgIpc) is 2.43. The summed E-state index contributed by atoms with van der Waals surface area (Å²) in [7, 11) is 0. The topological polar surface area (TPSA) is 48.1 Å². The second-order valence-corrected chi connectivity index (χ2v) is 5.57. The monoisotopic (exact) mass is 308 g/mol. The minimum atomic E-state index is 0.432. The van der Waals surface area contributed by atoms with Gasteiger partial charge in [-0.25, -0.2) is 0 Å². The standard InChI is InChI=1S/C13H32N4S2/c1-4-14-7-12(9-18)17-6-11(3)16-8-13(10-19)15-5-2/h11-19H,4-10H2,1-3H3. The molecule has 0 bridgehead atoms. The molecule has 0 rings (SSSR count). The van der Waals surface area contributed by atoms with Crippen molar-refractivity contribution in [2.45, 2.75) is 38.9 Å². The quantitative estimate of drug-likeness (QED) is 0.278. The second-order valence-electron chi connectivity index (χ2n) is 4.84. The molecule has 4 nitrogen and oxygen atoms in total. The molecule has 0 amide bonds. The molecule has 0 aromatic rings. The molecule has 4 N–H and O–H groups in total. The normalized spacial score (nSPS) is 16.3. The van der Waals surface area contributed by atoms with E-state index in [-0.39, 0.29) is 0 Å². The Labute approximate surface area is 130 Å². The van der Waals surface area contributed by atoms with Crippen molar-refractivity contribution in [3.63, 3.8) is 0 Å². The maximum atomic E-state index is 4.38. The summed E-state index contributed by atoms with van der Waals surface area (Å²) in [6.07, 6.45) is 0. The van der Waals surface area contributed by atoms with Crippen molar-refractivity contribution in [2.24, 2.45) is 0 Å². The highest BCUT2D eigenvalue weighted by Gasteiger charge is 2.10. The fraction of sp³-hybridized carbons (Fsp3) is 1.00. The largest absolute Gasteiger partial charge is 0.315 e. The molecule has 3 atom stereocenters. The van der Waals surface area contributed by atoms with Gasteiger partial charge in [0.15, 0.2) is 0 Å². The number of nitrogens with one attached hydrogen (secondary N) is 4. The van der Waals surface area contributed by atoms with Crippen molar-refractivity contribution in [1.29, 1.82) is 0 Å². The zero-order valence-corrected chi connectivity index (χ0v) is 14.4. The SMILES string of the molecule is CCNCC(CS)NCC(C)NCC(CS)NCC. The van der Waals surface area contributed by atoms with E-state index in [0.29, 0.717) is 18.1 Å². The van der Waals surface area contributed by atoms with E-state index >= 15 is 0 Å². The van der Waals surface area contributed by atoms with Crippen LogP contribution in [0.1, 0.15) is 20.8 Å². The van der Waals surface area contributed by atoms with E-state index in [9.17, 15) is 0 Å². The Morgan fingerprint density at radius 1 is 0.789 bits per heavy atom. The first kappa shape index (κ1) is 19.5. The van der Waals surface area contributed by atoms with E-state index in [1.807, 2.05) is 0 Å². The highest BCUT2D eigenvalue weighted by molar-refractivity contribution is 7.80. The lowest BCUT2D eigenvalue weighted by Gasteiger charge is -2.23. The molecule has 0 aromatic carbocycles. The number of thiol groups is 2. The molecule has 0 radical (unpaired) electrons. The van der Waals surface area contributed by atoms with E-state index < -0.39 is 0 Å². The van der Waals surface area contributed by atoms with E-state index in [1.165, 1.54) is 0 Å². The molecule has 3 unspecified atom stereocenters. The van der Waals surface area contributed by atoms with Crippen molar-refractivity contribution >= 4 is 25.3 Å². The molecule has 6 heteroatoms. The lowest BCUT2D eigenvalue weighted by atomic mass is 10.2. The van der Waals surface area contributed by atoms with Crippen molar-refractivity contribution in [2.75, 3.05) is 44.2 Å². The first-order valence-electron chi connectivity index (χ1n) is 7.30. The summed E-state index contributed by atoms with van der Waals surface area (Å²) >= 11 is 8.73. The third kappa shape index (κ3) is 10.9. The van der Waals surface area contributed by atoms with Crippen LogP contribution in [0, 0.1) is 0 Å². The number of hydrogen-bond donors (Lipinski definition) is 6. The zero-order chi connectivity index (χ0) is 14.5. The predicted octanol–water partition coefficient (Wildman–Crippen LogP) is 0.370. The first-order chi connectivity index (χ1) is 9.17. The van der Waals surface area contributed by atoms with Gasteiger partial charge in [0, 0.05) is 49.3 Å². The van der Waals surface area contributed by atoms with Gasteiger partial charge in [0.05, 0.1) is 0 Å². The van der Waals surface area contributed by atoms with Gasteiger partial charge in [-0.05, 0) is 20.0 Å². The third-order valence-corrected chi connectivity index (χ3v) is 3.88. The van der Waals surface area contributed by atoms with Gasteiger partial charge in [0.1, 0.15) is 0 Å². The third-order valence-electron chi connectivity index (χ3n) is 3.00. The Bertz CT molecular complexity index is 195. The summed E-state index contributed by atoms with van der Waals surface area (Å²) in [6.45, 7) is 11.3. The molecule has 0 aliphatic rings. The molecule has 0 heterocycles. The molecule has 0 spiro atoms. The molecular weight excluding hydrogens is 276 g/mol. The Kier molecular flexibility index (Phi) is 13.9. The lowest BCUT2D eigenvalue weighted by Crippen LogP contribution is -2.49. The average molecular weight is 309 g/mol. The Hall–Kier alpha value is 0.540. The molecule has 0 saturated heterocycles. The van der Waals surface area contributed by atoms with Crippen molar-refractivity contribution in [3.05, 3.63) is 0 Å². The van der Waals surface area contributed by atoms with Crippen molar-refractivity contribution < 1.29 is 0 Å². The predicted molar refractivity (Wildman–Crippen MR) is 93.0 cm³/mol. The van der Waals surface area contributed by atoms with Crippen molar-refractivity contribution in [1.82, 2.24) is 21.3 Å². The van der Waals surface area contributed by atoms with Gasteiger partial charge in [-0.15, -0.1) is 0 Å². The van der Waals surface area contributed by atoms with Crippen molar-refractivity contribution in [3.8, 4) is 0 Å². The van der Waals surface area contributed by atoms with Gasteiger partial charge in [0.25, 0.3) is 0 Å². The van der Waals surface area contributed by atoms with Crippen LogP contribution in [-0.2, 0) is 0 Å². The second kappa shape index (κ2) is 13.5. The minimum Gasteiger partial charge on any atom is -0.315 e. The number of hydrogen-bond acceptors (Lipinski definition) is 6. The summed E-state index contributed by atoms with van der Waals surface area (Å²) in [6, 6.07) is 1.32. The summed E-state index contributed by atoms with van der Waals surface area (Å²) in [4.78, 5) is 0. The van der Waals surface area contributed by atoms with E-state index in [1.54, 1.807) is 0 Å². The van der Waals surface area contributed by atoms with Gasteiger partial charge in [-0.3, -0.25) is 0 Å². The van der Waals surface area contributed by atoms with Crippen LogP contribution in [0.25, 0.3) is 0 Å². The van der Waals surface area contributed by atoms with Crippen LogP contribution in [0.4, 0.5) is 0 Å². The van der Waals surface area contributed by atoms with Crippen LogP contribution < -0.4 is 21.3 Å². The highest BCUT2D eigenvalue weighted by atomic mass is 32.1. The summed E-state index contributed by atoms with van der Waals surface area (Å²) in [5.41, 5.74) is 0. The molecule has 0 fully saturated rings. The molecule has 0 aromatic heterocycles. The van der Waals surface area contributed by atoms with Crippen LogP contribution >= 0.6 is 25.3 Å². The number of likely N-dealkylation sites (N-methyl/N-ethyl adjacent to an activating group) is 2. The van der Waals surface area contributed by atoms with Gasteiger partial charge < -0.3 is 21.3 Å². The Morgan fingerprint density at radius 2 is 1.42 bits per heavy atom. The molecule has 19 heavy (non-hydrogen) atoms. The minimum absolute atomic E-state index is 0.432. The van der Waals surface area contributed by atoms with E-state index in [0.717, 1.165) is 44.2 Å². The van der Waals surface area contributed by atoms with E-state index in [2.05, 4.69) is 67.3 Å². The summed E-state index contributed by atoms with van der Waals surface area (Å²) < 4.78 is 0. The van der Waals surface area contributed by atoms with Gasteiger partial charge >= 0.3 is 0 Å². The number of rotatable bonds is 13. The van der Waals surface area contributed by atoms with Crippen LogP contribution in [0.3, 0.4) is 0 Å². The fourth-order valence-electron chi connectivity index (χ4n) is 1.77.